The molecular formula is C71H88OS4Se2. The van der Waals surface area contributed by atoms with Gasteiger partial charge in [-0.15, -0.1) is 0 Å². The SMILES string of the molecule is CCCCCCCCCCCCc1c(-c2ccc(C)s2)sc2c(CCCCCCCCCCCC)c(-c3ccc(-c4cc5c(ccc6c7cc(C)c8c9cc(C)[se]c9ccc8c7cc(OCCCCCCCC)c56)[se]4)s3)sc12. The van der Waals surface area contributed by atoms with E-state index in [9.17, 15) is 0 Å². The summed E-state index contributed by atoms with van der Waals surface area (Å²) in [5, 5.41) is 11.0. The van der Waals surface area contributed by atoms with Gasteiger partial charge in [0.15, 0.2) is 0 Å². The van der Waals surface area contributed by atoms with Gasteiger partial charge < -0.3 is 0 Å². The Morgan fingerprint density at radius 1 is 0.385 bits per heavy atom. The molecule has 0 atom stereocenters. The molecular weight excluding hydrogens is 1150 g/mol. The van der Waals surface area contributed by atoms with Gasteiger partial charge in [-0.2, -0.15) is 0 Å². The Morgan fingerprint density at radius 3 is 1.42 bits per heavy atom. The normalized spacial score (nSPS) is 12.2. The zero-order valence-electron chi connectivity index (χ0n) is 48.3. The zero-order valence-corrected chi connectivity index (χ0v) is 55.0. The Balaban J connectivity index is 0.978. The standard InChI is InChI=1S/C71H88OS4Se2/c1-7-10-13-16-19-21-23-25-27-30-33-53-68(61-38-35-49(5)73-61)75-71-54(34-31-28-26-24-22-20-17-14-11-8-2)69(76-70(53)71)62-40-39-60(74-62)65-47-58-64(78-65)42-37-52-55-44-48(4)66-51(36-41-63-57(66)45-50(6)77-63)56(55)46-59(67(52)58)72-43-32-29-18-15-12-9-3/h35-42,44-47H,7-34,43H2,1-6H3. The van der Waals surface area contributed by atoms with Gasteiger partial charge in [-0.1, -0.05) is 97.8 Å². The Bertz CT molecular complexity index is 3530. The van der Waals surface area contributed by atoms with Crippen molar-refractivity contribution in [3.05, 3.63) is 98.8 Å². The van der Waals surface area contributed by atoms with E-state index in [0.29, 0.717) is 14.5 Å². The van der Waals surface area contributed by atoms with Gasteiger partial charge in [0.1, 0.15) is 0 Å². The van der Waals surface area contributed by atoms with Crippen LogP contribution in [0.25, 0.3) is 89.8 Å². The maximum atomic E-state index is 7.05. The molecule has 0 saturated carbocycles. The molecule has 7 heteroatoms. The average Bonchev–Trinajstić information content (AvgIpc) is 4.48. The third kappa shape index (κ3) is 13.7. The van der Waals surface area contributed by atoms with Crippen LogP contribution in [0.2, 0.25) is 0 Å². The van der Waals surface area contributed by atoms with Crippen molar-refractivity contribution in [2.75, 3.05) is 6.61 Å². The van der Waals surface area contributed by atoms with Gasteiger partial charge in [0, 0.05) is 0 Å². The van der Waals surface area contributed by atoms with Crippen molar-refractivity contribution in [1.29, 1.82) is 0 Å². The van der Waals surface area contributed by atoms with E-state index < -0.39 is 0 Å². The first-order chi connectivity index (χ1) is 38.3. The number of aryl methyl sites for hydroxylation is 5. The Hall–Kier alpha value is -2.96. The first-order valence-corrected chi connectivity index (χ1v) is 37.7. The molecule has 0 bridgehead atoms. The molecule has 0 aliphatic carbocycles. The molecule has 6 aromatic heterocycles. The molecule has 0 saturated heterocycles. The van der Waals surface area contributed by atoms with Crippen molar-refractivity contribution in [2.45, 2.75) is 221 Å². The summed E-state index contributed by atoms with van der Waals surface area (Å²) in [5.41, 5.74) is 4.69. The molecule has 0 aliphatic rings. The van der Waals surface area contributed by atoms with E-state index in [2.05, 4.69) is 148 Å². The summed E-state index contributed by atoms with van der Waals surface area (Å²) in [4.78, 5) is 8.97. The Labute approximate surface area is 497 Å². The van der Waals surface area contributed by atoms with Crippen LogP contribution in [0.3, 0.4) is 0 Å². The van der Waals surface area contributed by atoms with Crippen molar-refractivity contribution in [3.63, 3.8) is 0 Å². The first kappa shape index (κ1) is 58.2. The molecule has 0 radical (unpaired) electrons. The average molecular weight is 1240 g/mol. The summed E-state index contributed by atoms with van der Waals surface area (Å²) >= 11 is 9.01. The van der Waals surface area contributed by atoms with Gasteiger partial charge in [0.05, 0.1) is 0 Å². The molecule has 10 rings (SSSR count). The van der Waals surface area contributed by atoms with Crippen LogP contribution < -0.4 is 4.74 Å². The van der Waals surface area contributed by atoms with E-state index in [0.717, 1.165) is 18.8 Å². The predicted octanol–water partition coefficient (Wildman–Crippen LogP) is 24.6. The van der Waals surface area contributed by atoms with Crippen LogP contribution in [0, 0.1) is 20.8 Å². The van der Waals surface area contributed by atoms with E-state index >= 15 is 0 Å². The van der Waals surface area contributed by atoms with Crippen LogP contribution in [0.5, 0.6) is 5.75 Å². The molecule has 414 valence electrons. The van der Waals surface area contributed by atoms with Crippen LogP contribution in [-0.4, -0.2) is 35.6 Å². The molecule has 0 unspecified atom stereocenters. The van der Waals surface area contributed by atoms with Crippen molar-refractivity contribution in [3.8, 4) is 34.6 Å². The van der Waals surface area contributed by atoms with E-state index in [1.807, 2.05) is 11.3 Å². The van der Waals surface area contributed by atoms with Gasteiger partial charge in [0.2, 0.25) is 0 Å². The van der Waals surface area contributed by atoms with Crippen molar-refractivity contribution in [1.82, 2.24) is 0 Å². The number of hydrogen-bond acceptors (Lipinski definition) is 5. The fourth-order valence-corrected chi connectivity index (χ4v) is 22.1. The molecule has 78 heavy (non-hydrogen) atoms. The quantitative estimate of drug-likeness (QED) is 0.0226. The molecule has 10 aromatic rings. The number of ether oxygens (including phenoxy) is 1. The fourth-order valence-electron chi connectivity index (χ4n) is 12.5. The Kier molecular flexibility index (Phi) is 21.5. The van der Waals surface area contributed by atoms with E-state index in [4.69, 9.17) is 4.74 Å². The van der Waals surface area contributed by atoms with Crippen LogP contribution in [0.4, 0.5) is 0 Å². The maximum absolute atomic E-state index is 7.05. The van der Waals surface area contributed by atoms with Crippen LogP contribution >= 0.6 is 45.3 Å². The summed E-state index contributed by atoms with van der Waals surface area (Å²) in [5.74, 6) is 1.07. The van der Waals surface area contributed by atoms with Gasteiger partial charge >= 0.3 is 397 Å². The first-order valence-electron chi connectivity index (χ1n) is 31.0. The molecule has 1 nitrogen and oxygen atoms in total. The molecule has 0 amide bonds. The Morgan fingerprint density at radius 2 is 0.859 bits per heavy atom. The summed E-state index contributed by atoms with van der Waals surface area (Å²) < 4.78 is 16.3. The molecule has 4 aromatic carbocycles. The van der Waals surface area contributed by atoms with Crippen LogP contribution in [0.1, 0.15) is 214 Å². The second-order valence-electron chi connectivity index (χ2n) is 23.0. The predicted molar refractivity (Wildman–Crippen MR) is 357 cm³/mol. The number of unbranched alkanes of at least 4 members (excludes halogenated alkanes) is 23. The van der Waals surface area contributed by atoms with Crippen LogP contribution in [0.15, 0.2) is 72.8 Å². The van der Waals surface area contributed by atoms with Crippen molar-refractivity contribution < 1.29 is 4.74 Å². The third-order valence-corrected chi connectivity index (χ3v) is 26.7. The van der Waals surface area contributed by atoms with Crippen molar-refractivity contribution >= 4 is 135 Å². The summed E-state index contributed by atoms with van der Waals surface area (Å²) in [6, 6.07) is 29.5. The van der Waals surface area contributed by atoms with Gasteiger partial charge in [0.25, 0.3) is 0 Å². The van der Waals surface area contributed by atoms with Gasteiger partial charge in [-0.05, 0) is 6.92 Å². The van der Waals surface area contributed by atoms with E-state index in [1.165, 1.54) is 259 Å². The molecule has 0 aliphatic heterocycles. The molecule has 6 heterocycles. The van der Waals surface area contributed by atoms with Gasteiger partial charge in [-0.3, -0.25) is 0 Å². The summed E-state index contributed by atoms with van der Waals surface area (Å²) in [6.45, 7) is 14.7. The second kappa shape index (κ2) is 28.8. The van der Waals surface area contributed by atoms with Crippen molar-refractivity contribution in [2.24, 2.45) is 0 Å². The molecule has 0 spiro atoms. The fraction of sp³-hybridized carbons (Fsp3) is 0.493. The van der Waals surface area contributed by atoms with Crippen LogP contribution in [-0.2, 0) is 12.8 Å². The van der Waals surface area contributed by atoms with E-state index in [1.54, 1.807) is 30.3 Å². The number of hydrogen-bond donors (Lipinski definition) is 0. The monoisotopic (exact) mass is 1240 g/mol. The molecule has 0 N–H and O–H groups in total. The second-order valence-corrected chi connectivity index (χ2v) is 32.4. The molecule has 0 fully saturated rings. The topological polar surface area (TPSA) is 9.23 Å². The minimum atomic E-state index is 0.216. The number of rotatable bonds is 33. The zero-order chi connectivity index (χ0) is 53.8. The number of thiophene rings is 4. The summed E-state index contributed by atoms with van der Waals surface area (Å²) in [6.07, 6.45) is 37.6. The van der Waals surface area contributed by atoms with Gasteiger partial charge in [-0.25, -0.2) is 0 Å². The summed E-state index contributed by atoms with van der Waals surface area (Å²) in [7, 11) is 0. The third-order valence-electron chi connectivity index (χ3n) is 16.7. The minimum absolute atomic E-state index is 0.216. The number of fused-ring (bicyclic) bond motifs is 10. The number of benzene rings is 4. The van der Waals surface area contributed by atoms with E-state index in [-0.39, 0.29) is 14.5 Å².